The fraction of sp³-hybridized carbons (Fsp3) is 0.185. The van der Waals surface area contributed by atoms with Crippen LogP contribution in [0.4, 0.5) is 13.2 Å². The van der Waals surface area contributed by atoms with Gasteiger partial charge in [-0.2, -0.15) is 13.2 Å². The summed E-state index contributed by atoms with van der Waals surface area (Å²) in [5.74, 6) is 0.00546. The normalized spacial score (nSPS) is 12.4. The van der Waals surface area contributed by atoms with Gasteiger partial charge >= 0.3 is 12.1 Å². The second-order valence-corrected chi connectivity index (χ2v) is 9.26. The highest BCUT2D eigenvalue weighted by atomic mass is 35.5. The van der Waals surface area contributed by atoms with Gasteiger partial charge in [-0.25, -0.2) is 4.98 Å². The molecule has 37 heavy (non-hydrogen) atoms. The number of hydrogen-bond acceptors (Lipinski definition) is 4. The summed E-state index contributed by atoms with van der Waals surface area (Å²) in [5.41, 5.74) is 8.33. The van der Waals surface area contributed by atoms with Crippen LogP contribution < -0.4 is 5.73 Å². The summed E-state index contributed by atoms with van der Waals surface area (Å²) in [6.45, 7) is 0.375. The fourth-order valence-electron chi connectivity index (χ4n) is 3.89. The molecule has 0 aliphatic heterocycles. The van der Waals surface area contributed by atoms with Crippen molar-refractivity contribution in [3.05, 3.63) is 111 Å². The van der Waals surface area contributed by atoms with Crippen LogP contribution in [-0.2, 0) is 28.7 Å². The van der Waals surface area contributed by atoms with Crippen molar-refractivity contribution in [2.75, 3.05) is 7.11 Å². The molecule has 2 N–H and O–H groups in total. The van der Waals surface area contributed by atoms with Crippen LogP contribution in [0.1, 0.15) is 34.1 Å². The van der Waals surface area contributed by atoms with E-state index < -0.39 is 23.8 Å². The minimum atomic E-state index is -4.44. The molecule has 3 aromatic carbocycles. The molecule has 0 saturated heterocycles. The largest absolute Gasteiger partial charge is 0.468 e. The first-order valence-corrected chi connectivity index (χ1v) is 11.9. The molecule has 0 saturated carbocycles. The van der Waals surface area contributed by atoms with E-state index in [1.54, 1.807) is 42.6 Å². The van der Waals surface area contributed by atoms with Gasteiger partial charge in [0.25, 0.3) is 0 Å². The third-order valence-corrected chi connectivity index (χ3v) is 6.38. The summed E-state index contributed by atoms with van der Waals surface area (Å²) >= 11 is 12.4. The lowest BCUT2D eigenvalue weighted by Crippen LogP contribution is -2.22. The standard InChI is InChI=1S/C27H22Cl2F3N3O2/c1-37-26(36)25(33)18-7-5-16(6-8-18)14-35-15-23(21-10-9-20(28)13-22(21)29)34-24(35)12-17-3-2-4-19(11-17)27(30,31)32/h2-11,13,15,25H,12,14,33H2,1H3. The van der Waals surface area contributed by atoms with E-state index in [9.17, 15) is 18.0 Å². The van der Waals surface area contributed by atoms with Crippen LogP contribution in [0.3, 0.4) is 0 Å². The number of alkyl halides is 3. The van der Waals surface area contributed by atoms with Crippen molar-refractivity contribution in [2.45, 2.75) is 25.2 Å². The van der Waals surface area contributed by atoms with E-state index in [2.05, 4.69) is 0 Å². The first-order chi connectivity index (χ1) is 17.5. The van der Waals surface area contributed by atoms with E-state index in [1.165, 1.54) is 13.2 Å². The van der Waals surface area contributed by atoms with Crippen molar-refractivity contribution in [3.63, 3.8) is 0 Å². The van der Waals surface area contributed by atoms with Crippen LogP contribution in [0.5, 0.6) is 0 Å². The zero-order valence-corrected chi connectivity index (χ0v) is 21.1. The number of carbonyl (C=O) groups is 1. The van der Waals surface area contributed by atoms with E-state index in [4.69, 9.17) is 38.7 Å². The molecule has 0 aliphatic carbocycles. The van der Waals surface area contributed by atoms with E-state index in [0.29, 0.717) is 44.8 Å². The number of ether oxygens (including phenoxy) is 1. The Morgan fingerprint density at radius 3 is 2.43 bits per heavy atom. The van der Waals surface area contributed by atoms with Crippen LogP contribution in [0.15, 0.2) is 72.9 Å². The van der Waals surface area contributed by atoms with E-state index >= 15 is 0 Å². The summed E-state index contributed by atoms with van der Waals surface area (Å²) in [6.07, 6.45) is -2.48. The first kappa shape index (κ1) is 26.7. The van der Waals surface area contributed by atoms with Crippen LogP contribution >= 0.6 is 23.2 Å². The number of rotatable bonds is 7. The van der Waals surface area contributed by atoms with E-state index in [1.807, 2.05) is 16.7 Å². The van der Waals surface area contributed by atoms with Crippen LogP contribution in [0, 0.1) is 0 Å². The minimum Gasteiger partial charge on any atom is -0.468 e. The molecule has 1 aromatic heterocycles. The maximum Gasteiger partial charge on any atom is 0.416 e. The predicted molar refractivity (Wildman–Crippen MR) is 136 cm³/mol. The Hall–Kier alpha value is -3.33. The lowest BCUT2D eigenvalue weighted by atomic mass is 10.1. The number of halogens is 5. The molecule has 1 heterocycles. The van der Waals surface area contributed by atoms with Crippen molar-refractivity contribution >= 4 is 29.2 Å². The second kappa shape index (κ2) is 11.0. The Labute approximate surface area is 221 Å². The fourth-order valence-corrected chi connectivity index (χ4v) is 4.39. The Kier molecular flexibility index (Phi) is 7.92. The molecule has 0 amide bonds. The molecule has 0 radical (unpaired) electrons. The number of carbonyl (C=O) groups excluding carboxylic acids is 1. The Balaban J connectivity index is 1.69. The smallest absolute Gasteiger partial charge is 0.416 e. The van der Waals surface area contributed by atoms with Crippen molar-refractivity contribution in [1.82, 2.24) is 9.55 Å². The molecule has 4 rings (SSSR count). The van der Waals surface area contributed by atoms with Crippen LogP contribution in [0.25, 0.3) is 11.3 Å². The van der Waals surface area contributed by atoms with Gasteiger partial charge in [0.15, 0.2) is 0 Å². The molecule has 0 spiro atoms. The predicted octanol–water partition coefficient (Wildman–Crippen LogP) is 6.69. The SMILES string of the molecule is COC(=O)C(N)c1ccc(Cn2cc(-c3ccc(Cl)cc3Cl)nc2Cc2cccc(C(F)(F)F)c2)cc1. The quantitative estimate of drug-likeness (QED) is 0.262. The summed E-state index contributed by atoms with van der Waals surface area (Å²) in [7, 11) is 1.27. The number of benzene rings is 3. The maximum absolute atomic E-state index is 13.3. The van der Waals surface area contributed by atoms with Gasteiger partial charge in [-0.3, -0.25) is 4.79 Å². The molecule has 10 heteroatoms. The van der Waals surface area contributed by atoms with Crippen LogP contribution in [0.2, 0.25) is 10.0 Å². The second-order valence-electron chi connectivity index (χ2n) is 8.41. The first-order valence-electron chi connectivity index (χ1n) is 11.1. The number of hydrogen-bond donors (Lipinski definition) is 1. The van der Waals surface area contributed by atoms with Crippen molar-refractivity contribution < 1.29 is 22.7 Å². The van der Waals surface area contributed by atoms with Gasteiger partial charge in [0.2, 0.25) is 0 Å². The van der Waals surface area contributed by atoms with Gasteiger partial charge in [-0.1, -0.05) is 65.7 Å². The molecule has 4 aromatic rings. The molecule has 0 fully saturated rings. The molecule has 0 aliphatic rings. The highest BCUT2D eigenvalue weighted by Crippen LogP contribution is 2.32. The molecule has 0 bridgehead atoms. The summed E-state index contributed by atoms with van der Waals surface area (Å²) < 4.78 is 46.3. The number of methoxy groups -OCH3 is 1. The van der Waals surface area contributed by atoms with Crippen molar-refractivity contribution in [1.29, 1.82) is 0 Å². The molecule has 5 nitrogen and oxygen atoms in total. The van der Waals surface area contributed by atoms with Gasteiger partial charge < -0.3 is 15.0 Å². The summed E-state index contributed by atoms with van der Waals surface area (Å²) in [5, 5.41) is 0.881. The lowest BCUT2D eigenvalue weighted by molar-refractivity contribution is -0.142. The summed E-state index contributed by atoms with van der Waals surface area (Å²) in [4.78, 5) is 16.4. The molecule has 1 atom stereocenters. The van der Waals surface area contributed by atoms with Gasteiger partial charge in [0.1, 0.15) is 11.9 Å². The maximum atomic E-state index is 13.3. The summed E-state index contributed by atoms with van der Waals surface area (Å²) in [6, 6.07) is 16.4. The highest BCUT2D eigenvalue weighted by Gasteiger charge is 2.30. The third-order valence-electron chi connectivity index (χ3n) is 5.83. The Morgan fingerprint density at radius 2 is 1.78 bits per heavy atom. The topological polar surface area (TPSA) is 70.1 Å². The highest BCUT2D eigenvalue weighted by molar-refractivity contribution is 6.36. The minimum absolute atomic E-state index is 0.167. The van der Waals surface area contributed by atoms with Crippen molar-refractivity contribution in [2.24, 2.45) is 5.73 Å². The molecule has 1 unspecified atom stereocenters. The van der Waals surface area contributed by atoms with Gasteiger partial charge in [0, 0.05) is 29.7 Å². The third kappa shape index (κ3) is 6.33. The average Bonchev–Trinajstić information content (AvgIpc) is 3.24. The van der Waals surface area contributed by atoms with Gasteiger partial charge in [-0.15, -0.1) is 0 Å². The zero-order chi connectivity index (χ0) is 26.7. The molecule has 192 valence electrons. The van der Waals surface area contributed by atoms with Crippen LogP contribution in [-0.4, -0.2) is 22.6 Å². The van der Waals surface area contributed by atoms with E-state index in [0.717, 1.165) is 17.7 Å². The van der Waals surface area contributed by atoms with Gasteiger partial charge in [-0.05, 0) is 41.0 Å². The zero-order valence-electron chi connectivity index (χ0n) is 19.6. The number of esters is 1. The number of aromatic nitrogens is 2. The molecular formula is C27H22Cl2F3N3O2. The van der Waals surface area contributed by atoms with Crippen molar-refractivity contribution in [3.8, 4) is 11.3 Å². The number of imidazole rings is 1. The molecular weight excluding hydrogens is 526 g/mol. The average molecular weight is 548 g/mol. The Morgan fingerprint density at radius 1 is 1.05 bits per heavy atom. The van der Waals surface area contributed by atoms with Gasteiger partial charge in [0.05, 0.1) is 23.4 Å². The number of nitrogens with two attached hydrogens (primary N) is 1. The number of nitrogens with zero attached hydrogens (tertiary/aromatic N) is 2. The van der Waals surface area contributed by atoms with E-state index in [-0.39, 0.29) is 6.42 Å². The Bertz CT molecular complexity index is 1420. The monoisotopic (exact) mass is 547 g/mol. The lowest BCUT2D eigenvalue weighted by Gasteiger charge is -2.12.